The van der Waals surface area contributed by atoms with Gasteiger partial charge >= 0.3 is 0 Å². The van der Waals surface area contributed by atoms with Gasteiger partial charge in [-0.05, 0) is 25.5 Å². The monoisotopic (exact) mass is 194 g/mol. The average molecular weight is 194 g/mol. The van der Waals surface area contributed by atoms with Crippen LogP contribution in [0, 0.1) is 0 Å². The molecule has 0 unspecified atom stereocenters. The molecule has 3 N–H and O–H groups in total. The molecule has 1 aliphatic rings. The molecule has 1 aliphatic heterocycles. The zero-order valence-electron chi connectivity index (χ0n) is 7.92. The van der Waals surface area contributed by atoms with Crippen molar-refractivity contribution >= 4 is 5.91 Å². The second-order valence-corrected chi connectivity index (χ2v) is 3.49. The molecule has 1 saturated heterocycles. The Bertz CT molecular complexity index is 290. The Labute approximate surface area is 82.3 Å². The molecule has 0 saturated carbocycles. The van der Waals surface area contributed by atoms with E-state index in [9.17, 15) is 4.79 Å². The van der Waals surface area contributed by atoms with Gasteiger partial charge in [0.2, 0.25) is 0 Å². The first-order valence-electron chi connectivity index (χ1n) is 4.87. The molecule has 5 nitrogen and oxygen atoms in total. The van der Waals surface area contributed by atoms with Crippen molar-refractivity contribution in [2.45, 2.75) is 18.9 Å². The van der Waals surface area contributed by atoms with E-state index in [2.05, 4.69) is 20.8 Å². The molecule has 0 bridgehead atoms. The molecule has 0 radical (unpaired) electrons. The van der Waals surface area contributed by atoms with E-state index in [-0.39, 0.29) is 11.9 Å². The highest BCUT2D eigenvalue weighted by Crippen LogP contribution is 2.02. The van der Waals surface area contributed by atoms with E-state index >= 15 is 0 Å². The fourth-order valence-corrected chi connectivity index (χ4v) is 1.62. The molecule has 5 heteroatoms. The Hall–Kier alpha value is -1.36. The summed E-state index contributed by atoms with van der Waals surface area (Å²) in [6.07, 6.45) is 3.74. The fourth-order valence-electron chi connectivity index (χ4n) is 1.62. The topological polar surface area (TPSA) is 69.8 Å². The number of rotatable bonds is 2. The maximum absolute atomic E-state index is 11.6. The van der Waals surface area contributed by atoms with Gasteiger partial charge in [-0.2, -0.15) is 5.10 Å². The van der Waals surface area contributed by atoms with Crippen LogP contribution in [0.25, 0.3) is 0 Å². The first kappa shape index (κ1) is 9.21. The lowest BCUT2D eigenvalue weighted by molar-refractivity contribution is 0.0925. The summed E-state index contributed by atoms with van der Waals surface area (Å²) in [5, 5.41) is 12.6. The smallest absolute Gasteiger partial charge is 0.269 e. The minimum absolute atomic E-state index is 0.0730. The first-order chi connectivity index (χ1) is 6.86. The Morgan fingerprint density at radius 3 is 3.21 bits per heavy atom. The van der Waals surface area contributed by atoms with Crippen molar-refractivity contribution in [2.24, 2.45) is 0 Å². The van der Waals surface area contributed by atoms with E-state index in [1.165, 1.54) is 0 Å². The van der Waals surface area contributed by atoms with Crippen LogP contribution in [0.3, 0.4) is 0 Å². The fraction of sp³-hybridized carbons (Fsp3) is 0.556. The lowest BCUT2D eigenvalue weighted by atomic mass is 10.1. The maximum Gasteiger partial charge on any atom is 0.269 e. The van der Waals surface area contributed by atoms with Crippen molar-refractivity contribution in [3.63, 3.8) is 0 Å². The van der Waals surface area contributed by atoms with Crippen LogP contribution in [0.2, 0.25) is 0 Å². The minimum Gasteiger partial charge on any atom is -0.347 e. The maximum atomic E-state index is 11.6. The summed E-state index contributed by atoms with van der Waals surface area (Å²) in [5.74, 6) is -0.0730. The molecule has 0 aliphatic carbocycles. The largest absolute Gasteiger partial charge is 0.347 e. The van der Waals surface area contributed by atoms with Gasteiger partial charge in [-0.3, -0.25) is 9.89 Å². The van der Waals surface area contributed by atoms with E-state index < -0.39 is 0 Å². The minimum atomic E-state index is -0.0730. The van der Waals surface area contributed by atoms with Gasteiger partial charge in [0.15, 0.2) is 0 Å². The standard InChI is InChI=1S/C9H14N4O/c14-9(8-3-5-11-13-8)12-7-2-1-4-10-6-7/h3,5,7,10H,1-2,4,6H2,(H,11,13)(H,12,14)/t7-/m0/s1. The number of amides is 1. The van der Waals surface area contributed by atoms with Crippen molar-refractivity contribution in [1.82, 2.24) is 20.8 Å². The van der Waals surface area contributed by atoms with Crippen LogP contribution in [0.4, 0.5) is 0 Å². The Balaban J connectivity index is 1.87. The van der Waals surface area contributed by atoms with Gasteiger partial charge in [0.05, 0.1) is 0 Å². The van der Waals surface area contributed by atoms with Crippen LogP contribution in [0.1, 0.15) is 23.3 Å². The highest BCUT2D eigenvalue weighted by Gasteiger charge is 2.16. The average Bonchev–Trinajstić information content (AvgIpc) is 2.72. The molecule has 2 rings (SSSR count). The summed E-state index contributed by atoms with van der Waals surface area (Å²) in [4.78, 5) is 11.6. The molecule has 0 spiro atoms. The molecular formula is C9H14N4O. The number of piperidine rings is 1. The molecule has 1 atom stereocenters. The van der Waals surface area contributed by atoms with Crippen LogP contribution in [-0.4, -0.2) is 35.2 Å². The lowest BCUT2D eigenvalue weighted by Gasteiger charge is -2.23. The van der Waals surface area contributed by atoms with Gasteiger partial charge in [-0.15, -0.1) is 0 Å². The van der Waals surface area contributed by atoms with E-state index in [1.54, 1.807) is 12.3 Å². The number of H-pyrrole nitrogens is 1. The van der Waals surface area contributed by atoms with Crippen LogP contribution in [0.5, 0.6) is 0 Å². The number of aromatic nitrogens is 2. The van der Waals surface area contributed by atoms with Gasteiger partial charge in [0.1, 0.15) is 5.69 Å². The molecule has 14 heavy (non-hydrogen) atoms. The molecule has 0 aromatic carbocycles. The summed E-state index contributed by atoms with van der Waals surface area (Å²) in [5.41, 5.74) is 0.524. The number of hydrogen-bond donors (Lipinski definition) is 3. The predicted molar refractivity (Wildman–Crippen MR) is 51.9 cm³/mol. The second-order valence-electron chi connectivity index (χ2n) is 3.49. The molecule has 76 valence electrons. The van der Waals surface area contributed by atoms with E-state index in [0.717, 1.165) is 25.9 Å². The van der Waals surface area contributed by atoms with Gasteiger partial charge < -0.3 is 10.6 Å². The highest BCUT2D eigenvalue weighted by atomic mass is 16.2. The number of hydrogen-bond acceptors (Lipinski definition) is 3. The second kappa shape index (κ2) is 4.23. The van der Waals surface area contributed by atoms with Crippen molar-refractivity contribution in [2.75, 3.05) is 13.1 Å². The Kier molecular flexibility index (Phi) is 2.78. The van der Waals surface area contributed by atoms with E-state index in [1.807, 2.05) is 0 Å². The van der Waals surface area contributed by atoms with Gasteiger partial charge in [-0.1, -0.05) is 0 Å². The number of aromatic amines is 1. The quantitative estimate of drug-likeness (QED) is 0.615. The number of nitrogens with zero attached hydrogens (tertiary/aromatic N) is 1. The van der Waals surface area contributed by atoms with Crippen molar-refractivity contribution in [1.29, 1.82) is 0 Å². The summed E-state index contributed by atoms with van der Waals surface area (Å²) < 4.78 is 0. The van der Waals surface area contributed by atoms with Crippen molar-refractivity contribution in [3.05, 3.63) is 18.0 Å². The number of carbonyl (C=O) groups excluding carboxylic acids is 1. The molecule has 1 fully saturated rings. The highest BCUT2D eigenvalue weighted by molar-refractivity contribution is 5.92. The van der Waals surface area contributed by atoms with E-state index in [4.69, 9.17) is 0 Å². The molecule has 1 amide bonds. The van der Waals surface area contributed by atoms with Crippen LogP contribution >= 0.6 is 0 Å². The first-order valence-corrected chi connectivity index (χ1v) is 4.87. The SMILES string of the molecule is O=C(N[C@H]1CCCNC1)c1ccn[nH]1. The molecule has 1 aromatic rings. The van der Waals surface area contributed by atoms with Gasteiger partial charge in [0, 0.05) is 18.8 Å². The Morgan fingerprint density at radius 2 is 2.57 bits per heavy atom. The molecular weight excluding hydrogens is 180 g/mol. The number of carbonyl (C=O) groups is 1. The van der Waals surface area contributed by atoms with Crippen molar-refractivity contribution < 1.29 is 4.79 Å². The van der Waals surface area contributed by atoms with E-state index in [0.29, 0.717) is 5.69 Å². The molecule has 1 aromatic heterocycles. The number of nitrogens with one attached hydrogen (secondary N) is 3. The van der Waals surface area contributed by atoms with Crippen molar-refractivity contribution in [3.8, 4) is 0 Å². The van der Waals surface area contributed by atoms with Crippen LogP contribution < -0.4 is 10.6 Å². The zero-order chi connectivity index (χ0) is 9.80. The summed E-state index contributed by atoms with van der Waals surface area (Å²) >= 11 is 0. The summed E-state index contributed by atoms with van der Waals surface area (Å²) in [6, 6.07) is 1.92. The third kappa shape index (κ3) is 2.11. The predicted octanol–water partition coefficient (Wildman–Crippen LogP) is -0.109. The lowest BCUT2D eigenvalue weighted by Crippen LogP contribution is -2.45. The van der Waals surface area contributed by atoms with Crippen LogP contribution in [-0.2, 0) is 0 Å². The third-order valence-electron chi connectivity index (χ3n) is 2.38. The summed E-state index contributed by atoms with van der Waals surface area (Å²) in [6.45, 7) is 1.91. The molecule has 2 heterocycles. The van der Waals surface area contributed by atoms with Crippen LogP contribution in [0.15, 0.2) is 12.3 Å². The van der Waals surface area contributed by atoms with Gasteiger partial charge in [0.25, 0.3) is 5.91 Å². The zero-order valence-corrected chi connectivity index (χ0v) is 7.92. The summed E-state index contributed by atoms with van der Waals surface area (Å²) in [7, 11) is 0. The van der Waals surface area contributed by atoms with Gasteiger partial charge in [-0.25, -0.2) is 0 Å². The third-order valence-corrected chi connectivity index (χ3v) is 2.38. The normalized spacial score (nSPS) is 21.9. The Morgan fingerprint density at radius 1 is 1.64 bits per heavy atom.